The number of hydrogen-bond donors (Lipinski definition) is 0. The van der Waals surface area contributed by atoms with E-state index in [4.69, 9.17) is 27.9 Å². The minimum Gasteiger partial charge on any atom is -0.447 e. The molecule has 0 unspecified atom stereocenters. The Morgan fingerprint density at radius 2 is 1.67 bits per heavy atom. The number of hydrogen-bond acceptors (Lipinski definition) is 4. The van der Waals surface area contributed by atoms with Crippen molar-refractivity contribution in [3.05, 3.63) is 65.2 Å². The van der Waals surface area contributed by atoms with Gasteiger partial charge in [-0.1, -0.05) is 41.9 Å². The summed E-state index contributed by atoms with van der Waals surface area (Å²) < 4.78 is 31.2. The summed E-state index contributed by atoms with van der Waals surface area (Å²) in [4.78, 5) is 12.2. The maximum absolute atomic E-state index is 12.8. The molecule has 0 fully saturated rings. The van der Waals surface area contributed by atoms with Crippen molar-refractivity contribution in [3.8, 4) is 0 Å². The number of halogens is 2. The number of alkyl halides is 1. The van der Waals surface area contributed by atoms with E-state index in [-0.39, 0.29) is 23.9 Å². The van der Waals surface area contributed by atoms with Gasteiger partial charge in [0.15, 0.2) is 0 Å². The molecule has 0 saturated carbocycles. The van der Waals surface area contributed by atoms with Crippen LogP contribution in [-0.2, 0) is 21.3 Å². The molecule has 0 aliphatic rings. The molecule has 0 saturated heterocycles. The summed E-state index contributed by atoms with van der Waals surface area (Å²) >= 11 is 11.3. The van der Waals surface area contributed by atoms with Crippen molar-refractivity contribution in [2.24, 2.45) is 0 Å². The number of ether oxygens (including phenoxy) is 1. The summed E-state index contributed by atoms with van der Waals surface area (Å²) in [6, 6.07) is 14.3. The van der Waals surface area contributed by atoms with Crippen LogP contribution in [0.2, 0.25) is 5.02 Å². The van der Waals surface area contributed by atoms with Crippen molar-refractivity contribution in [2.45, 2.75) is 11.4 Å². The van der Waals surface area contributed by atoms with E-state index in [0.717, 1.165) is 0 Å². The largest absolute Gasteiger partial charge is 0.447 e. The van der Waals surface area contributed by atoms with Crippen LogP contribution in [0.3, 0.4) is 0 Å². The zero-order valence-electron chi connectivity index (χ0n) is 12.6. The van der Waals surface area contributed by atoms with Gasteiger partial charge in [-0.05, 0) is 29.8 Å². The van der Waals surface area contributed by atoms with E-state index in [1.165, 1.54) is 24.3 Å². The number of sulfonamides is 1. The van der Waals surface area contributed by atoms with E-state index in [9.17, 15) is 13.2 Å². The van der Waals surface area contributed by atoms with Crippen molar-refractivity contribution >= 4 is 39.3 Å². The molecule has 0 N–H and O–H groups in total. The number of carbonyl (C=O) groups is 1. The van der Waals surface area contributed by atoms with Crippen molar-refractivity contribution in [3.63, 3.8) is 0 Å². The van der Waals surface area contributed by atoms with Crippen molar-refractivity contribution in [1.29, 1.82) is 0 Å². The fourth-order valence-corrected chi connectivity index (χ4v) is 3.43. The third-order valence-corrected chi connectivity index (χ3v) is 5.21. The Bertz CT molecular complexity index is 779. The zero-order chi connectivity index (χ0) is 17.6. The fourth-order valence-electron chi connectivity index (χ4n) is 1.93. The van der Waals surface area contributed by atoms with Crippen LogP contribution >= 0.6 is 23.2 Å². The monoisotopic (exact) mass is 387 g/mol. The van der Waals surface area contributed by atoms with Crippen LogP contribution in [0.1, 0.15) is 5.56 Å². The molecule has 0 radical (unpaired) electrons. The van der Waals surface area contributed by atoms with Gasteiger partial charge in [0, 0.05) is 5.02 Å². The quantitative estimate of drug-likeness (QED) is 0.704. The summed E-state index contributed by atoms with van der Waals surface area (Å²) in [5, 5.41) is 0.397. The molecule has 1 amide bonds. The van der Waals surface area contributed by atoms with Crippen LogP contribution in [0.25, 0.3) is 0 Å². The number of rotatable bonds is 6. The Kier molecular flexibility index (Phi) is 6.48. The lowest BCUT2D eigenvalue weighted by Crippen LogP contribution is -2.37. The van der Waals surface area contributed by atoms with Gasteiger partial charge in [-0.15, -0.1) is 11.6 Å². The molecule has 128 valence electrons. The molecule has 0 spiro atoms. The summed E-state index contributed by atoms with van der Waals surface area (Å²) in [5.41, 5.74) is 0.651. The number of carbonyl (C=O) groups excluding carboxylic acids is 1. The molecule has 2 aromatic rings. The number of nitrogens with zero attached hydrogens (tertiary/aromatic N) is 1. The minimum absolute atomic E-state index is 0.0503. The lowest BCUT2D eigenvalue weighted by molar-refractivity contribution is 0.130. The second-order valence-electron chi connectivity index (χ2n) is 4.75. The van der Waals surface area contributed by atoms with Crippen LogP contribution in [0.5, 0.6) is 0 Å². The third-order valence-electron chi connectivity index (χ3n) is 3.08. The highest BCUT2D eigenvalue weighted by atomic mass is 35.5. The average Bonchev–Trinajstić information content (AvgIpc) is 2.58. The molecule has 8 heteroatoms. The summed E-state index contributed by atoms with van der Waals surface area (Å²) in [5.74, 6) is 0.0753. The first-order valence-electron chi connectivity index (χ1n) is 7.00. The zero-order valence-corrected chi connectivity index (χ0v) is 14.9. The first kappa shape index (κ1) is 18.6. The van der Waals surface area contributed by atoms with Crippen LogP contribution < -0.4 is 0 Å². The molecule has 5 nitrogen and oxygen atoms in total. The molecular weight excluding hydrogens is 373 g/mol. The van der Waals surface area contributed by atoms with E-state index < -0.39 is 16.1 Å². The van der Waals surface area contributed by atoms with Crippen LogP contribution in [0.4, 0.5) is 4.79 Å². The van der Waals surface area contributed by atoms with Gasteiger partial charge in [0.2, 0.25) is 0 Å². The van der Waals surface area contributed by atoms with Gasteiger partial charge in [0.05, 0.1) is 17.3 Å². The van der Waals surface area contributed by atoms with Gasteiger partial charge < -0.3 is 4.74 Å². The Morgan fingerprint density at radius 3 is 2.25 bits per heavy atom. The summed E-state index contributed by atoms with van der Waals surface area (Å²) in [6.45, 7) is -0.227. The van der Waals surface area contributed by atoms with Gasteiger partial charge in [-0.25, -0.2) is 13.2 Å². The molecule has 0 bridgehead atoms. The molecule has 0 heterocycles. The molecule has 24 heavy (non-hydrogen) atoms. The van der Waals surface area contributed by atoms with Crippen LogP contribution in [0, 0.1) is 0 Å². The molecule has 2 rings (SSSR count). The van der Waals surface area contributed by atoms with Gasteiger partial charge in [-0.2, -0.15) is 4.31 Å². The Morgan fingerprint density at radius 1 is 1.04 bits per heavy atom. The first-order valence-corrected chi connectivity index (χ1v) is 9.35. The Balaban J connectivity index is 2.36. The van der Waals surface area contributed by atoms with E-state index in [1.807, 2.05) is 0 Å². The van der Waals surface area contributed by atoms with E-state index >= 15 is 0 Å². The molecule has 0 aliphatic carbocycles. The predicted molar refractivity (Wildman–Crippen MR) is 92.7 cm³/mol. The smallest absolute Gasteiger partial charge is 0.424 e. The third kappa shape index (κ3) is 4.63. The number of amides is 1. The van der Waals surface area contributed by atoms with E-state index in [0.29, 0.717) is 14.9 Å². The highest BCUT2D eigenvalue weighted by Gasteiger charge is 2.30. The van der Waals surface area contributed by atoms with Gasteiger partial charge in [0.25, 0.3) is 10.0 Å². The molecule has 0 aliphatic heterocycles. The van der Waals surface area contributed by atoms with Gasteiger partial charge >= 0.3 is 6.09 Å². The average molecular weight is 388 g/mol. The molecular formula is C16H15Cl2NO4S. The van der Waals surface area contributed by atoms with Crippen molar-refractivity contribution in [1.82, 2.24) is 4.31 Å². The highest BCUT2D eigenvalue weighted by Crippen LogP contribution is 2.21. The van der Waals surface area contributed by atoms with Crippen molar-refractivity contribution < 1.29 is 17.9 Å². The predicted octanol–water partition coefficient (Wildman–Crippen LogP) is 3.91. The van der Waals surface area contributed by atoms with E-state index in [2.05, 4.69) is 0 Å². The second kappa shape index (κ2) is 8.37. The van der Waals surface area contributed by atoms with Gasteiger partial charge in [-0.3, -0.25) is 0 Å². The maximum atomic E-state index is 12.8. The number of benzene rings is 2. The topological polar surface area (TPSA) is 63.7 Å². The lowest BCUT2D eigenvalue weighted by Gasteiger charge is -2.22. The maximum Gasteiger partial charge on any atom is 0.424 e. The normalized spacial score (nSPS) is 11.1. The molecule has 0 atom stereocenters. The summed E-state index contributed by atoms with van der Waals surface area (Å²) in [6.07, 6.45) is -0.977. The summed E-state index contributed by atoms with van der Waals surface area (Å²) in [7, 11) is -4.09. The van der Waals surface area contributed by atoms with E-state index in [1.54, 1.807) is 30.3 Å². The Labute approximate surface area is 150 Å². The lowest BCUT2D eigenvalue weighted by atomic mass is 10.2. The highest BCUT2D eigenvalue weighted by molar-refractivity contribution is 7.89. The second-order valence-corrected chi connectivity index (χ2v) is 7.43. The standard InChI is InChI=1S/C16H15Cl2NO4S/c17-10-11-23-16(20)19(12-13-4-2-1-3-5-13)24(21,22)15-8-6-14(18)7-9-15/h1-9H,10-12H2. The van der Waals surface area contributed by atoms with Gasteiger partial charge in [0.1, 0.15) is 6.61 Å². The van der Waals surface area contributed by atoms with Crippen molar-refractivity contribution in [2.75, 3.05) is 12.5 Å². The molecule has 0 aromatic heterocycles. The first-order chi connectivity index (χ1) is 11.4. The minimum atomic E-state index is -4.09. The molecule has 2 aromatic carbocycles. The SMILES string of the molecule is O=C(OCCCl)N(Cc1ccccc1)S(=O)(=O)c1ccc(Cl)cc1. The Hall–Kier alpha value is -1.76. The van der Waals surface area contributed by atoms with Crippen LogP contribution in [0.15, 0.2) is 59.5 Å². The fraction of sp³-hybridized carbons (Fsp3) is 0.188. The van der Waals surface area contributed by atoms with Crippen LogP contribution in [-0.4, -0.2) is 31.3 Å².